The maximum atomic E-state index is 13.4. The Morgan fingerprint density at radius 3 is 2.60 bits per heavy atom. The van der Waals surface area contributed by atoms with Gasteiger partial charge in [0.1, 0.15) is 0 Å². The highest BCUT2D eigenvalue weighted by atomic mass is 19.2. The van der Waals surface area contributed by atoms with Crippen molar-refractivity contribution < 1.29 is 18.6 Å². The summed E-state index contributed by atoms with van der Waals surface area (Å²) in [5, 5.41) is 8.74. The van der Waals surface area contributed by atoms with E-state index in [1.54, 1.807) is 0 Å². The van der Waals surface area contributed by atoms with E-state index in [-0.39, 0.29) is 17.7 Å². The normalized spacial score (nSPS) is 12.9. The molecule has 15 heavy (non-hydrogen) atoms. The molecule has 0 amide bonds. The molecule has 3 N–H and O–H groups in total. The summed E-state index contributed by atoms with van der Waals surface area (Å²) < 4.78 is 31.5. The maximum absolute atomic E-state index is 13.4. The van der Waals surface area contributed by atoms with E-state index in [1.807, 2.05) is 0 Å². The summed E-state index contributed by atoms with van der Waals surface area (Å²) in [6.07, 6.45) is 0. The van der Waals surface area contributed by atoms with Crippen LogP contribution in [0.5, 0.6) is 0 Å². The molecule has 0 aliphatic carbocycles. The molecule has 0 spiro atoms. The van der Waals surface area contributed by atoms with Crippen LogP contribution in [0.25, 0.3) is 0 Å². The fourth-order valence-corrected chi connectivity index (χ4v) is 1.26. The lowest BCUT2D eigenvalue weighted by atomic mass is 10.0. The summed E-state index contributed by atoms with van der Waals surface area (Å²) in [6, 6.07) is 1.84. The van der Waals surface area contributed by atoms with Crippen LogP contribution >= 0.6 is 0 Å². The monoisotopic (exact) mass is 217 g/mol. The van der Waals surface area contributed by atoms with Crippen molar-refractivity contribution in [3.05, 3.63) is 34.9 Å². The van der Waals surface area contributed by atoms with E-state index in [4.69, 9.17) is 15.6 Å². The van der Waals surface area contributed by atoms with Gasteiger partial charge in [0.05, 0.1) is 19.3 Å². The number of ether oxygens (including phenoxy) is 1. The van der Waals surface area contributed by atoms with E-state index in [1.165, 1.54) is 19.2 Å². The number of aliphatic hydroxyl groups is 1. The topological polar surface area (TPSA) is 55.5 Å². The lowest BCUT2D eigenvalue weighted by Crippen LogP contribution is -2.17. The number of aliphatic hydroxyl groups excluding tert-OH is 1. The number of methoxy groups -OCH3 is 1. The standard InChI is InChI=1S/C10H13F2NO2/c1-15-5-6-2-3-7(8(13)4-14)10(12)9(6)11/h2-3,8,14H,4-5,13H2,1H3. The highest BCUT2D eigenvalue weighted by Crippen LogP contribution is 2.21. The van der Waals surface area contributed by atoms with Gasteiger partial charge in [-0.1, -0.05) is 12.1 Å². The molecule has 0 heterocycles. The molecular formula is C10H13F2NO2. The molecule has 1 aromatic rings. The fourth-order valence-electron chi connectivity index (χ4n) is 1.26. The molecule has 5 heteroatoms. The Morgan fingerprint density at radius 1 is 1.40 bits per heavy atom. The van der Waals surface area contributed by atoms with E-state index in [0.717, 1.165) is 0 Å². The fraction of sp³-hybridized carbons (Fsp3) is 0.400. The van der Waals surface area contributed by atoms with Gasteiger partial charge in [-0.3, -0.25) is 0 Å². The minimum atomic E-state index is -1.02. The van der Waals surface area contributed by atoms with Gasteiger partial charge in [-0.2, -0.15) is 0 Å². The SMILES string of the molecule is COCc1ccc(C(N)CO)c(F)c1F. The lowest BCUT2D eigenvalue weighted by Gasteiger charge is -2.12. The van der Waals surface area contributed by atoms with Gasteiger partial charge in [-0.15, -0.1) is 0 Å². The van der Waals surface area contributed by atoms with Gasteiger partial charge in [0.25, 0.3) is 0 Å². The number of nitrogens with two attached hydrogens (primary N) is 1. The molecule has 1 aromatic carbocycles. The molecule has 1 unspecified atom stereocenters. The second-order valence-electron chi connectivity index (χ2n) is 3.16. The number of hydrogen-bond donors (Lipinski definition) is 2. The van der Waals surface area contributed by atoms with Gasteiger partial charge in [-0.25, -0.2) is 8.78 Å². The van der Waals surface area contributed by atoms with Gasteiger partial charge in [0, 0.05) is 18.2 Å². The van der Waals surface area contributed by atoms with Gasteiger partial charge in [0.15, 0.2) is 11.6 Å². The van der Waals surface area contributed by atoms with Crippen LogP contribution in [0.2, 0.25) is 0 Å². The van der Waals surface area contributed by atoms with Crippen LogP contribution < -0.4 is 5.73 Å². The molecule has 0 radical (unpaired) electrons. The summed E-state index contributed by atoms with van der Waals surface area (Å²) in [5.41, 5.74) is 5.50. The lowest BCUT2D eigenvalue weighted by molar-refractivity contribution is 0.180. The van der Waals surface area contributed by atoms with Gasteiger partial charge in [0.2, 0.25) is 0 Å². The van der Waals surface area contributed by atoms with Crippen LogP contribution in [0.15, 0.2) is 12.1 Å². The third kappa shape index (κ3) is 2.50. The van der Waals surface area contributed by atoms with Crippen LogP contribution in [-0.4, -0.2) is 18.8 Å². The highest BCUT2D eigenvalue weighted by Gasteiger charge is 2.17. The molecule has 0 aliphatic rings. The predicted octanol–water partition coefficient (Wildman–Crippen LogP) is 1.10. The Bertz CT molecular complexity index is 344. The second kappa shape index (κ2) is 5.16. The number of rotatable bonds is 4. The first-order chi connectivity index (χ1) is 7.11. The van der Waals surface area contributed by atoms with Gasteiger partial charge >= 0.3 is 0 Å². The zero-order valence-electron chi connectivity index (χ0n) is 8.34. The first-order valence-corrected chi connectivity index (χ1v) is 4.44. The van der Waals surface area contributed by atoms with Crippen LogP contribution in [0, 0.1) is 11.6 Å². The van der Waals surface area contributed by atoms with Gasteiger partial charge in [-0.05, 0) is 0 Å². The van der Waals surface area contributed by atoms with E-state index in [9.17, 15) is 8.78 Å². The Kier molecular flexibility index (Phi) is 4.14. The molecular weight excluding hydrogens is 204 g/mol. The van der Waals surface area contributed by atoms with Crippen LogP contribution in [0.3, 0.4) is 0 Å². The van der Waals surface area contributed by atoms with E-state index < -0.39 is 24.3 Å². The smallest absolute Gasteiger partial charge is 0.164 e. The highest BCUT2D eigenvalue weighted by molar-refractivity contribution is 5.28. The van der Waals surface area contributed by atoms with E-state index in [2.05, 4.69) is 0 Å². The molecule has 84 valence electrons. The summed E-state index contributed by atoms with van der Waals surface area (Å²) in [5.74, 6) is -2.00. The summed E-state index contributed by atoms with van der Waals surface area (Å²) in [6.45, 7) is -0.433. The second-order valence-corrected chi connectivity index (χ2v) is 3.16. The number of halogens is 2. The largest absolute Gasteiger partial charge is 0.394 e. The van der Waals surface area contributed by atoms with E-state index >= 15 is 0 Å². The molecule has 0 aliphatic heterocycles. The summed E-state index contributed by atoms with van der Waals surface area (Å²) in [4.78, 5) is 0. The molecule has 0 fully saturated rings. The first kappa shape index (κ1) is 12.0. The van der Waals surface area contributed by atoms with Crippen molar-refractivity contribution in [2.75, 3.05) is 13.7 Å². The zero-order chi connectivity index (χ0) is 11.4. The van der Waals surface area contributed by atoms with Crippen LogP contribution in [0.4, 0.5) is 8.78 Å². The third-order valence-electron chi connectivity index (χ3n) is 2.09. The Labute approximate surface area is 86.5 Å². The molecule has 1 atom stereocenters. The Balaban J connectivity index is 3.09. The van der Waals surface area contributed by atoms with Crippen molar-refractivity contribution in [2.45, 2.75) is 12.6 Å². The van der Waals surface area contributed by atoms with Crippen molar-refractivity contribution in [1.29, 1.82) is 0 Å². The van der Waals surface area contributed by atoms with Crippen molar-refractivity contribution in [2.24, 2.45) is 5.73 Å². The van der Waals surface area contributed by atoms with Crippen molar-refractivity contribution in [1.82, 2.24) is 0 Å². The molecule has 0 bridgehead atoms. The summed E-state index contributed by atoms with van der Waals surface area (Å²) in [7, 11) is 1.39. The number of hydrogen-bond acceptors (Lipinski definition) is 3. The zero-order valence-corrected chi connectivity index (χ0v) is 8.34. The van der Waals surface area contributed by atoms with Gasteiger partial charge < -0.3 is 15.6 Å². The quantitative estimate of drug-likeness (QED) is 0.794. The predicted molar refractivity (Wildman–Crippen MR) is 51.1 cm³/mol. The minimum absolute atomic E-state index is 0.00258. The molecule has 1 rings (SSSR count). The van der Waals surface area contributed by atoms with Crippen molar-refractivity contribution in [3.8, 4) is 0 Å². The Hall–Kier alpha value is -1.04. The molecule has 0 aromatic heterocycles. The molecule has 0 saturated heterocycles. The average Bonchev–Trinajstić information content (AvgIpc) is 2.24. The third-order valence-corrected chi connectivity index (χ3v) is 2.09. The average molecular weight is 217 g/mol. The van der Waals surface area contributed by atoms with Crippen LogP contribution in [-0.2, 0) is 11.3 Å². The Morgan fingerprint density at radius 2 is 2.07 bits per heavy atom. The molecule has 3 nitrogen and oxygen atoms in total. The minimum Gasteiger partial charge on any atom is -0.394 e. The van der Waals surface area contributed by atoms with Crippen molar-refractivity contribution >= 4 is 0 Å². The molecule has 0 saturated carbocycles. The van der Waals surface area contributed by atoms with Crippen molar-refractivity contribution in [3.63, 3.8) is 0 Å². The first-order valence-electron chi connectivity index (χ1n) is 4.44. The number of benzene rings is 1. The van der Waals surface area contributed by atoms with Crippen LogP contribution in [0.1, 0.15) is 17.2 Å². The maximum Gasteiger partial charge on any atom is 0.164 e. The summed E-state index contributed by atoms with van der Waals surface area (Å²) >= 11 is 0. The van der Waals surface area contributed by atoms with E-state index in [0.29, 0.717) is 0 Å².